The molecule has 2 heterocycles. The van der Waals surface area contributed by atoms with E-state index in [1.165, 1.54) is 10.0 Å². The van der Waals surface area contributed by atoms with Gasteiger partial charge in [0.1, 0.15) is 12.1 Å². The molecule has 0 unspecified atom stereocenters. The molecule has 1 aliphatic heterocycles. The summed E-state index contributed by atoms with van der Waals surface area (Å²) in [6.07, 6.45) is 1.68. The number of para-hydroxylation sites is 2. The fourth-order valence-electron chi connectivity index (χ4n) is 5.06. The molecule has 8 heteroatoms. The molecule has 0 N–H and O–H groups in total. The van der Waals surface area contributed by atoms with Crippen LogP contribution in [0.3, 0.4) is 0 Å². The van der Waals surface area contributed by atoms with Gasteiger partial charge in [0.2, 0.25) is 0 Å². The summed E-state index contributed by atoms with van der Waals surface area (Å²) < 4.78 is 7.13. The number of carbonyl (C=O) groups excluding carboxylic acids is 3. The molecular formula is C33H32N4O4. The van der Waals surface area contributed by atoms with Gasteiger partial charge >= 0.3 is 5.97 Å². The molecule has 0 aliphatic carbocycles. The van der Waals surface area contributed by atoms with Crippen molar-refractivity contribution in [2.24, 2.45) is 0 Å². The van der Waals surface area contributed by atoms with Crippen LogP contribution in [-0.4, -0.2) is 42.6 Å². The Hall–Kier alpha value is -5.11. The molecule has 1 aromatic heterocycles. The lowest BCUT2D eigenvalue weighted by molar-refractivity contribution is -0.141. The number of hydrogen-bond donors (Lipinski definition) is 0. The quantitative estimate of drug-likeness (QED) is 0.166. The number of rotatable bonds is 8. The molecule has 0 radical (unpaired) electrons. The molecule has 1 fully saturated rings. The fourth-order valence-corrected chi connectivity index (χ4v) is 5.06. The molecule has 3 aromatic carbocycles. The Morgan fingerprint density at radius 2 is 1.34 bits per heavy atom. The van der Waals surface area contributed by atoms with E-state index < -0.39 is 0 Å². The summed E-state index contributed by atoms with van der Waals surface area (Å²) in [6, 6.07) is 28.2. The first kappa shape index (κ1) is 27.5. The first-order valence-corrected chi connectivity index (χ1v) is 13.5. The number of likely N-dealkylation sites (N-methyl/N-ethyl adjacent to an activating group) is 1. The number of hydrogen-bond acceptors (Lipinski definition) is 5. The summed E-state index contributed by atoms with van der Waals surface area (Å²) in [5.41, 5.74) is 5.76. The molecular weight excluding hydrogens is 516 g/mol. The molecule has 4 aromatic rings. The summed E-state index contributed by atoms with van der Waals surface area (Å²) in [5, 5.41) is 2.85. The lowest BCUT2D eigenvalue weighted by Crippen LogP contribution is -2.41. The predicted molar refractivity (Wildman–Crippen MR) is 161 cm³/mol. The van der Waals surface area contributed by atoms with Gasteiger partial charge < -0.3 is 14.2 Å². The standard InChI is InChI=1S/C33H32N4O4/c1-5-41-31(38)22-34(4)26-16-18-27(19-17-26)35-23(2)20-25(24(35)3)21-30-32(39)36(28-12-8-6-9-13-28)37(33(30)40)29-14-10-7-11-15-29/h6-21H,5,22H2,1-4H3. The minimum Gasteiger partial charge on any atom is -0.465 e. The Morgan fingerprint density at radius 3 is 1.85 bits per heavy atom. The van der Waals surface area contributed by atoms with E-state index >= 15 is 0 Å². The topological polar surface area (TPSA) is 75.1 Å². The molecule has 0 spiro atoms. The van der Waals surface area contributed by atoms with Gasteiger partial charge in [-0.15, -0.1) is 0 Å². The third-order valence-electron chi connectivity index (χ3n) is 7.04. The van der Waals surface area contributed by atoms with E-state index in [2.05, 4.69) is 4.57 Å². The Bertz CT molecular complexity index is 1550. The van der Waals surface area contributed by atoms with E-state index in [1.54, 1.807) is 13.0 Å². The second-order valence-corrected chi connectivity index (χ2v) is 9.80. The van der Waals surface area contributed by atoms with Crippen LogP contribution in [0.4, 0.5) is 17.1 Å². The average Bonchev–Trinajstić information content (AvgIpc) is 3.40. The fraction of sp³-hybridized carbons (Fsp3) is 0.182. The van der Waals surface area contributed by atoms with E-state index in [-0.39, 0.29) is 29.9 Å². The van der Waals surface area contributed by atoms with Crippen LogP contribution in [0.15, 0.2) is 96.6 Å². The van der Waals surface area contributed by atoms with Crippen molar-refractivity contribution in [2.75, 3.05) is 35.1 Å². The summed E-state index contributed by atoms with van der Waals surface area (Å²) in [5.74, 6) is -1.05. The van der Waals surface area contributed by atoms with E-state index in [0.717, 1.165) is 28.3 Å². The number of nitrogens with zero attached hydrogens (tertiary/aromatic N) is 4. The number of aryl methyl sites for hydroxylation is 1. The Labute approximate surface area is 239 Å². The van der Waals surface area contributed by atoms with Crippen LogP contribution in [0, 0.1) is 13.8 Å². The molecule has 41 heavy (non-hydrogen) atoms. The maximum absolute atomic E-state index is 13.7. The maximum atomic E-state index is 13.7. The van der Waals surface area contributed by atoms with Gasteiger partial charge in [0.25, 0.3) is 11.8 Å². The zero-order valence-electron chi connectivity index (χ0n) is 23.6. The average molecular weight is 549 g/mol. The monoisotopic (exact) mass is 548 g/mol. The SMILES string of the molecule is CCOC(=O)CN(C)c1ccc(-n2c(C)cc(C=C3C(=O)N(c4ccccc4)N(c4ccccc4)C3=O)c2C)cc1. The highest BCUT2D eigenvalue weighted by Crippen LogP contribution is 2.33. The molecule has 8 nitrogen and oxygen atoms in total. The Balaban J connectivity index is 1.48. The van der Waals surface area contributed by atoms with Crippen molar-refractivity contribution in [3.05, 3.63) is 114 Å². The van der Waals surface area contributed by atoms with Crippen LogP contribution in [0.1, 0.15) is 23.9 Å². The zero-order chi connectivity index (χ0) is 29.1. The van der Waals surface area contributed by atoms with Gasteiger partial charge in [-0.2, -0.15) is 0 Å². The zero-order valence-corrected chi connectivity index (χ0v) is 23.6. The van der Waals surface area contributed by atoms with Crippen molar-refractivity contribution in [2.45, 2.75) is 20.8 Å². The minimum atomic E-state index is -0.385. The van der Waals surface area contributed by atoms with Gasteiger partial charge in [0.15, 0.2) is 0 Å². The maximum Gasteiger partial charge on any atom is 0.325 e. The molecule has 2 amide bonds. The largest absolute Gasteiger partial charge is 0.465 e. The van der Waals surface area contributed by atoms with Gasteiger partial charge in [-0.25, -0.2) is 10.0 Å². The number of anilines is 3. The normalized spacial score (nSPS) is 13.1. The van der Waals surface area contributed by atoms with E-state index in [0.29, 0.717) is 18.0 Å². The van der Waals surface area contributed by atoms with Crippen LogP contribution < -0.4 is 14.9 Å². The number of benzene rings is 3. The second-order valence-electron chi connectivity index (χ2n) is 9.80. The predicted octanol–water partition coefficient (Wildman–Crippen LogP) is 5.47. The van der Waals surface area contributed by atoms with Crippen molar-refractivity contribution < 1.29 is 19.1 Å². The number of carbonyl (C=O) groups is 3. The van der Waals surface area contributed by atoms with Crippen LogP contribution in [0.5, 0.6) is 0 Å². The van der Waals surface area contributed by atoms with Gasteiger partial charge in [-0.05, 0) is 87.0 Å². The third kappa shape index (κ3) is 5.36. The Kier molecular flexibility index (Phi) is 7.74. The van der Waals surface area contributed by atoms with Crippen LogP contribution in [-0.2, 0) is 19.1 Å². The molecule has 1 aliphatic rings. The van der Waals surface area contributed by atoms with Gasteiger partial charge in [-0.3, -0.25) is 14.4 Å². The van der Waals surface area contributed by atoms with Gasteiger partial charge in [-0.1, -0.05) is 36.4 Å². The first-order chi connectivity index (χ1) is 19.8. The van der Waals surface area contributed by atoms with Crippen molar-refractivity contribution >= 4 is 40.9 Å². The highest BCUT2D eigenvalue weighted by atomic mass is 16.5. The summed E-state index contributed by atoms with van der Waals surface area (Å²) in [7, 11) is 1.84. The third-order valence-corrected chi connectivity index (χ3v) is 7.04. The number of aromatic nitrogens is 1. The smallest absolute Gasteiger partial charge is 0.325 e. The van der Waals surface area contributed by atoms with E-state index in [1.807, 2.05) is 117 Å². The first-order valence-electron chi connectivity index (χ1n) is 13.5. The van der Waals surface area contributed by atoms with Crippen LogP contribution in [0.25, 0.3) is 11.8 Å². The molecule has 5 rings (SSSR count). The molecule has 0 atom stereocenters. The Morgan fingerprint density at radius 1 is 0.805 bits per heavy atom. The number of hydrazine groups is 1. The summed E-state index contributed by atoms with van der Waals surface area (Å²) in [6.45, 7) is 6.25. The highest BCUT2D eigenvalue weighted by Gasteiger charge is 2.43. The summed E-state index contributed by atoms with van der Waals surface area (Å²) >= 11 is 0. The minimum absolute atomic E-state index is 0.0916. The van der Waals surface area contributed by atoms with Gasteiger partial charge in [0, 0.05) is 29.8 Å². The second kappa shape index (κ2) is 11.6. The van der Waals surface area contributed by atoms with Crippen molar-refractivity contribution in [1.29, 1.82) is 0 Å². The number of ether oxygens (including phenoxy) is 1. The molecule has 0 saturated carbocycles. The lowest BCUT2D eigenvalue weighted by atomic mass is 10.1. The van der Waals surface area contributed by atoms with Crippen LogP contribution >= 0.6 is 0 Å². The van der Waals surface area contributed by atoms with E-state index in [9.17, 15) is 14.4 Å². The van der Waals surface area contributed by atoms with E-state index in [4.69, 9.17) is 4.74 Å². The summed E-state index contributed by atoms with van der Waals surface area (Å²) in [4.78, 5) is 41.2. The lowest BCUT2D eigenvalue weighted by Gasteiger charge is -2.27. The number of esters is 1. The van der Waals surface area contributed by atoms with Crippen molar-refractivity contribution in [3.63, 3.8) is 0 Å². The highest BCUT2D eigenvalue weighted by molar-refractivity contribution is 6.38. The van der Waals surface area contributed by atoms with Crippen LogP contribution in [0.2, 0.25) is 0 Å². The molecule has 208 valence electrons. The molecule has 1 saturated heterocycles. The van der Waals surface area contributed by atoms with Gasteiger partial charge in [0.05, 0.1) is 18.0 Å². The van der Waals surface area contributed by atoms with Crippen molar-refractivity contribution in [1.82, 2.24) is 4.57 Å². The molecule has 0 bridgehead atoms. The van der Waals surface area contributed by atoms with Crippen molar-refractivity contribution in [3.8, 4) is 5.69 Å². The number of amides is 2.